The Labute approximate surface area is 185 Å². The van der Waals surface area contributed by atoms with Gasteiger partial charge < -0.3 is 14.7 Å². The second-order valence-electron chi connectivity index (χ2n) is 7.43. The van der Waals surface area contributed by atoms with Gasteiger partial charge in [-0.05, 0) is 60.3 Å². The molecule has 0 aliphatic heterocycles. The summed E-state index contributed by atoms with van der Waals surface area (Å²) >= 11 is 0. The Morgan fingerprint density at radius 2 is 1.42 bits per heavy atom. The zero-order valence-electron chi connectivity index (χ0n) is 17.7. The van der Waals surface area contributed by atoms with Gasteiger partial charge in [-0.3, -0.25) is 0 Å². The monoisotopic (exact) mass is 427 g/mol. The highest BCUT2D eigenvalue weighted by Gasteiger charge is 2.14. The molecule has 1 atom stereocenters. The molecule has 3 nitrogen and oxygen atoms in total. The number of nitrogens with zero attached hydrogens (tertiary/aromatic N) is 1. The average molecular weight is 427 g/mol. The maximum atomic E-state index is 10.4. The van der Waals surface area contributed by atoms with Gasteiger partial charge >= 0.3 is 0 Å². The van der Waals surface area contributed by atoms with E-state index in [9.17, 15) is 5.11 Å². The minimum absolute atomic E-state index is 0.300. The van der Waals surface area contributed by atoms with Gasteiger partial charge in [-0.25, -0.2) is 0 Å². The van der Waals surface area contributed by atoms with Gasteiger partial charge in [0.2, 0.25) is 0 Å². The van der Waals surface area contributed by atoms with Crippen LogP contribution in [0.25, 0.3) is 0 Å². The minimum atomic E-state index is 0.300. The van der Waals surface area contributed by atoms with Crippen molar-refractivity contribution >= 4 is 30.6 Å². The number of phenolic OH excluding ortho intramolecular Hbond substituents is 1. The number of anilines is 2. The molecule has 0 spiro atoms. The van der Waals surface area contributed by atoms with Crippen LogP contribution in [0.2, 0.25) is 0 Å². The van der Waals surface area contributed by atoms with Crippen LogP contribution in [0.4, 0.5) is 11.4 Å². The van der Waals surface area contributed by atoms with E-state index in [1.807, 2.05) is 18.2 Å². The van der Waals surface area contributed by atoms with E-state index in [0.717, 1.165) is 29.0 Å². The summed E-state index contributed by atoms with van der Waals surface area (Å²) in [5.41, 5.74) is 4.76. The Kier molecular flexibility index (Phi) is 6.54. The lowest BCUT2D eigenvalue weighted by Crippen LogP contribution is -2.21. The zero-order chi connectivity index (χ0) is 21.6. The second kappa shape index (κ2) is 9.68. The first-order chi connectivity index (χ1) is 15.1. The van der Waals surface area contributed by atoms with Gasteiger partial charge in [-0.2, -0.15) is 0 Å². The first-order valence-electron chi connectivity index (χ1n) is 10.3. The van der Waals surface area contributed by atoms with E-state index < -0.39 is 0 Å². The standard InChI is InChI=1S/C27H26NO2P/c1-20-13-16-26(31-27-18-24(30-2)14-15-25(27)29)21(17-20)19-28(22-9-5-3-6-10-22)23-11-7-4-8-12-23/h3-18,29,31H,19H2,1-2H3. The molecule has 0 fully saturated rings. The Bertz CT molecular complexity index is 1110. The van der Waals surface area contributed by atoms with Crippen LogP contribution in [0.3, 0.4) is 0 Å². The summed E-state index contributed by atoms with van der Waals surface area (Å²) in [6.07, 6.45) is 0. The number of aryl methyl sites for hydroxylation is 1. The minimum Gasteiger partial charge on any atom is -0.507 e. The third-order valence-electron chi connectivity index (χ3n) is 5.20. The number of benzene rings is 4. The second-order valence-corrected chi connectivity index (χ2v) is 8.75. The largest absolute Gasteiger partial charge is 0.507 e. The molecule has 4 aromatic rings. The number of phenols is 1. The maximum absolute atomic E-state index is 10.4. The molecule has 0 bridgehead atoms. The number of para-hydroxylation sites is 2. The molecule has 0 aliphatic rings. The van der Waals surface area contributed by atoms with Crippen molar-refractivity contribution in [2.45, 2.75) is 13.5 Å². The van der Waals surface area contributed by atoms with E-state index in [4.69, 9.17) is 4.74 Å². The molecule has 0 heterocycles. The lowest BCUT2D eigenvalue weighted by Gasteiger charge is -2.26. The summed E-state index contributed by atoms with van der Waals surface area (Å²) in [7, 11) is 1.98. The molecular weight excluding hydrogens is 401 g/mol. The molecule has 0 saturated carbocycles. The smallest absolute Gasteiger partial charge is 0.123 e. The fourth-order valence-corrected chi connectivity index (χ4v) is 4.77. The van der Waals surface area contributed by atoms with Crippen LogP contribution in [-0.4, -0.2) is 12.2 Å². The summed E-state index contributed by atoms with van der Waals surface area (Å²) < 4.78 is 5.36. The van der Waals surface area contributed by atoms with E-state index >= 15 is 0 Å². The van der Waals surface area contributed by atoms with Crippen molar-refractivity contribution in [3.8, 4) is 11.5 Å². The van der Waals surface area contributed by atoms with Crippen molar-refractivity contribution in [2.24, 2.45) is 0 Å². The van der Waals surface area contributed by atoms with E-state index in [2.05, 4.69) is 78.6 Å². The third-order valence-corrected chi connectivity index (χ3v) is 6.62. The number of aromatic hydroxyl groups is 1. The first-order valence-corrected chi connectivity index (χ1v) is 11.3. The predicted molar refractivity (Wildman–Crippen MR) is 132 cm³/mol. The lowest BCUT2D eigenvalue weighted by molar-refractivity contribution is 0.413. The fraction of sp³-hybridized carbons (Fsp3) is 0.111. The Morgan fingerprint density at radius 1 is 0.774 bits per heavy atom. The van der Waals surface area contributed by atoms with Gasteiger partial charge in [-0.1, -0.05) is 68.7 Å². The van der Waals surface area contributed by atoms with Crippen molar-refractivity contribution < 1.29 is 9.84 Å². The van der Waals surface area contributed by atoms with E-state index in [1.165, 1.54) is 16.4 Å². The first kappa shape index (κ1) is 21.0. The molecule has 1 unspecified atom stereocenters. The molecule has 4 rings (SSSR count). The highest BCUT2D eigenvalue weighted by Crippen LogP contribution is 2.29. The van der Waals surface area contributed by atoms with Gasteiger partial charge in [0.25, 0.3) is 0 Å². The molecule has 31 heavy (non-hydrogen) atoms. The van der Waals surface area contributed by atoms with Crippen molar-refractivity contribution in [1.29, 1.82) is 0 Å². The van der Waals surface area contributed by atoms with Crippen molar-refractivity contribution in [3.63, 3.8) is 0 Å². The molecule has 4 aromatic carbocycles. The molecule has 4 heteroatoms. The number of ether oxygens (including phenoxy) is 1. The summed E-state index contributed by atoms with van der Waals surface area (Å²) in [5, 5.41) is 12.5. The quantitative estimate of drug-likeness (QED) is 0.386. The Morgan fingerprint density at radius 3 is 2.03 bits per heavy atom. The summed E-state index contributed by atoms with van der Waals surface area (Å²) in [6, 6.07) is 32.9. The Hall–Kier alpha value is -3.29. The van der Waals surface area contributed by atoms with Crippen LogP contribution < -0.4 is 20.2 Å². The third kappa shape index (κ3) is 5.07. The molecule has 1 N–H and O–H groups in total. The summed E-state index contributed by atoms with van der Waals surface area (Å²) in [4.78, 5) is 2.33. The summed E-state index contributed by atoms with van der Waals surface area (Å²) in [5.74, 6) is 1.05. The molecule has 0 aliphatic carbocycles. The van der Waals surface area contributed by atoms with Crippen molar-refractivity contribution in [3.05, 3.63) is 108 Å². The van der Waals surface area contributed by atoms with Gasteiger partial charge in [0.1, 0.15) is 11.5 Å². The number of hydrogen-bond acceptors (Lipinski definition) is 3. The van der Waals surface area contributed by atoms with Crippen LogP contribution in [0.5, 0.6) is 11.5 Å². The molecule has 0 aromatic heterocycles. The molecule has 156 valence electrons. The van der Waals surface area contributed by atoms with Crippen LogP contribution in [0.1, 0.15) is 11.1 Å². The maximum Gasteiger partial charge on any atom is 0.123 e. The molecule has 0 radical (unpaired) electrons. The van der Waals surface area contributed by atoms with Crippen LogP contribution >= 0.6 is 8.58 Å². The normalized spacial score (nSPS) is 11.0. The number of methoxy groups -OCH3 is 1. The van der Waals surface area contributed by atoms with Crippen LogP contribution in [-0.2, 0) is 6.54 Å². The highest BCUT2D eigenvalue weighted by molar-refractivity contribution is 7.55. The van der Waals surface area contributed by atoms with Gasteiger partial charge in [0, 0.05) is 23.2 Å². The van der Waals surface area contributed by atoms with Crippen molar-refractivity contribution in [1.82, 2.24) is 0 Å². The van der Waals surface area contributed by atoms with Gasteiger partial charge in [-0.15, -0.1) is 0 Å². The lowest BCUT2D eigenvalue weighted by atomic mass is 10.1. The topological polar surface area (TPSA) is 32.7 Å². The van der Waals surface area contributed by atoms with E-state index in [-0.39, 0.29) is 0 Å². The van der Waals surface area contributed by atoms with E-state index in [1.54, 1.807) is 19.2 Å². The zero-order valence-corrected chi connectivity index (χ0v) is 18.7. The predicted octanol–water partition coefficient (Wildman–Crippen LogP) is 5.68. The SMILES string of the molecule is COc1ccc(O)c(Pc2ccc(C)cc2CN(c2ccccc2)c2ccccc2)c1. The molecule has 0 saturated heterocycles. The average Bonchev–Trinajstić information content (AvgIpc) is 2.81. The highest BCUT2D eigenvalue weighted by atomic mass is 31.1. The number of rotatable bonds is 7. The molecular formula is C27H26NO2P. The summed E-state index contributed by atoms with van der Waals surface area (Å²) in [6.45, 7) is 2.86. The Balaban J connectivity index is 1.72. The van der Waals surface area contributed by atoms with Crippen molar-refractivity contribution in [2.75, 3.05) is 12.0 Å². The fourth-order valence-electron chi connectivity index (χ4n) is 3.58. The van der Waals surface area contributed by atoms with Crippen LogP contribution in [0, 0.1) is 6.92 Å². The van der Waals surface area contributed by atoms with E-state index in [0.29, 0.717) is 14.3 Å². The van der Waals surface area contributed by atoms with Gasteiger partial charge in [0.05, 0.1) is 7.11 Å². The van der Waals surface area contributed by atoms with Gasteiger partial charge in [0.15, 0.2) is 0 Å². The number of hydrogen-bond donors (Lipinski definition) is 1. The van der Waals surface area contributed by atoms with Crippen LogP contribution in [0.15, 0.2) is 97.1 Å². The molecule has 0 amide bonds.